The summed E-state index contributed by atoms with van der Waals surface area (Å²) >= 11 is 0. The molecule has 8 heteroatoms. The number of carboxylic acids is 1. The summed E-state index contributed by atoms with van der Waals surface area (Å²) in [6, 6.07) is 20.2. The maximum Gasteiger partial charge on any atom is 0.407 e. The third kappa shape index (κ3) is 4.89. The van der Waals surface area contributed by atoms with Gasteiger partial charge < -0.3 is 15.2 Å². The van der Waals surface area contributed by atoms with Gasteiger partial charge in [0.25, 0.3) is 5.69 Å². The highest BCUT2D eigenvalue weighted by Crippen LogP contribution is 2.44. The molecule has 0 unspecified atom stereocenters. The fraction of sp³-hybridized carbons (Fsp3) is 0.154. The van der Waals surface area contributed by atoms with E-state index in [0.717, 1.165) is 22.3 Å². The Morgan fingerprint density at radius 2 is 1.68 bits per heavy atom. The second kappa shape index (κ2) is 9.88. The zero-order chi connectivity index (χ0) is 24.1. The maximum atomic E-state index is 12.2. The maximum absolute atomic E-state index is 12.2. The molecule has 0 fully saturated rings. The van der Waals surface area contributed by atoms with Gasteiger partial charge in [0.05, 0.1) is 17.9 Å². The van der Waals surface area contributed by atoms with E-state index in [1.165, 1.54) is 18.2 Å². The Balaban J connectivity index is 1.34. The van der Waals surface area contributed by atoms with Gasteiger partial charge in [-0.3, -0.25) is 14.9 Å². The van der Waals surface area contributed by atoms with Gasteiger partial charge >= 0.3 is 12.1 Å². The van der Waals surface area contributed by atoms with Crippen molar-refractivity contribution in [2.75, 3.05) is 13.2 Å². The Bertz CT molecular complexity index is 1290. The number of carbonyl (C=O) groups is 2. The highest BCUT2D eigenvalue weighted by Gasteiger charge is 2.28. The molecule has 34 heavy (non-hydrogen) atoms. The van der Waals surface area contributed by atoms with Gasteiger partial charge in [-0.05, 0) is 28.3 Å². The number of nitrogens with zero attached hydrogens (tertiary/aromatic N) is 1. The number of alkyl carbamates (subject to hydrolysis) is 1. The summed E-state index contributed by atoms with van der Waals surface area (Å²) in [5.41, 5.74) is 4.64. The molecule has 3 aromatic rings. The van der Waals surface area contributed by atoms with Crippen LogP contribution in [0.25, 0.3) is 11.1 Å². The molecule has 4 rings (SSSR count). The predicted molar refractivity (Wildman–Crippen MR) is 124 cm³/mol. The fourth-order valence-electron chi connectivity index (χ4n) is 4.04. The zero-order valence-corrected chi connectivity index (χ0v) is 18.0. The minimum atomic E-state index is -1.16. The number of carboxylic acid groups (broad SMARTS) is 1. The largest absolute Gasteiger partial charge is 0.481 e. The number of nitrogens with one attached hydrogen (secondary N) is 1. The van der Waals surface area contributed by atoms with E-state index in [1.54, 1.807) is 0 Å². The number of carbonyl (C=O) groups excluding carboxylic acids is 1. The summed E-state index contributed by atoms with van der Waals surface area (Å²) in [5.74, 6) is 4.24. The molecule has 8 nitrogen and oxygen atoms in total. The Hall–Kier alpha value is -4.64. The van der Waals surface area contributed by atoms with Crippen molar-refractivity contribution >= 4 is 17.7 Å². The van der Waals surface area contributed by atoms with Crippen LogP contribution < -0.4 is 5.32 Å². The van der Waals surface area contributed by atoms with Gasteiger partial charge in [0, 0.05) is 23.1 Å². The van der Waals surface area contributed by atoms with Gasteiger partial charge in [-0.2, -0.15) is 0 Å². The number of amides is 1. The van der Waals surface area contributed by atoms with E-state index in [9.17, 15) is 19.7 Å². The smallest absolute Gasteiger partial charge is 0.407 e. The molecule has 0 spiro atoms. The van der Waals surface area contributed by atoms with Crippen molar-refractivity contribution in [3.05, 3.63) is 99.1 Å². The van der Waals surface area contributed by atoms with E-state index in [2.05, 4.69) is 29.3 Å². The zero-order valence-electron chi connectivity index (χ0n) is 18.0. The Kier molecular flexibility index (Phi) is 6.55. The molecule has 0 aliphatic heterocycles. The number of nitro benzene ring substituents is 1. The summed E-state index contributed by atoms with van der Waals surface area (Å²) in [5, 5.41) is 22.6. The van der Waals surface area contributed by atoms with Crippen molar-refractivity contribution < 1.29 is 24.4 Å². The van der Waals surface area contributed by atoms with Crippen molar-refractivity contribution in [2.45, 2.75) is 12.3 Å². The number of nitro groups is 1. The molecule has 3 aromatic carbocycles. The molecule has 1 aliphatic rings. The van der Waals surface area contributed by atoms with Gasteiger partial charge in [-0.15, -0.1) is 0 Å². The number of fused-ring (bicyclic) bond motifs is 3. The molecule has 0 aromatic heterocycles. The first-order valence-corrected chi connectivity index (χ1v) is 10.5. The van der Waals surface area contributed by atoms with Crippen LogP contribution >= 0.6 is 0 Å². The van der Waals surface area contributed by atoms with Crippen LogP contribution in [0.5, 0.6) is 0 Å². The van der Waals surface area contributed by atoms with Crippen LogP contribution in [0.1, 0.15) is 28.2 Å². The number of aliphatic carboxylic acids is 1. The Labute approximate surface area is 195 Å². The molecule has 1 aliphatic carbocycles. The minimum absolute atomic E-state index is 0.0126. The van der Waals surface area contributed by atoms with Gasteiger partial charge in [0.2, 0.25) is 0 Å². The molecule has 170 valence electrons. The lowest BCUT2D eigenvalue weighted by atomic mass is 9.98. The SMILES string of the molecule is O=C(O)Cc1ccc(C#CCNC(=O)OCC2c3ccccc3-c3ccccc32)cc1[N+](=O)[O-]. The lowest BCUT2D eigenvalue weighted by Crippen LogP contribution is -2.26. The van der Waals surface area contributed by atoms with Crippen LogP contribution in [0.3, 0.4) is 0 Å². The van der Waals surface area contributed by atoms with Crippen LogP contribution in [-0.4, -0.2) is 35.2 Å². The molecule has 0 atom stereocenters. The first-order valence-electron chi connectivity index (χ1n) is 10.5. The molecule has 2 N–H and O–H groups in total. The van der Waals surface area contributed by atoms with Gasteiger partial charge in [-0.1, -0.05) is 66.4 Å². The first kappa shape index (κ1) is 22.6. The molecule has 0 saturated carbocycles. The predicted octanol–water partition coefficient (Wildman–Crippen LogP) is 4.11. The van der Waals surface area contributed by atoms with Gasteiger partial charge in [-0.25, -0.2) is 4.79 Å². The minimum Gasteiger partial charge on any atom is -0.481 e. The van der Waals surface area contributed by atoms with Crippen LogP contribution in [0.15, 0.2) is 66.7 Å². The quantitative estimate of drug-likeness (QED) is 0.327. The summed E-state index contributed by atoms with van der Waals surface area (Å²) in [6.07, 6.45) is -1.06. The lowest BCUT2D eigenvalue weighted by molar-refractivity contribution is -0.385. The molecule has 0 saturated heterocycles. The van der Waals surface area contributed by atoms with E-state index in [-0.39, 0.29) is 30.3 Å². The van der Waals surface area contributed by atoms with Crippen LogP contribution in [-0.2, 0) is 16.0 Å². The number of ether oxygens (including phenoxy) is 1. The van der Waals surface area contributed by atoms with Crippen molar-refractivity contribution in [2.24, 2.45) is 0 Å². The van der Waals surface area contributed by atoms with Crippen LogP contribution in [0, 0.1) is 22.0 Å². The summed E-state index contributed by atoms with van der Waals surface area (Å²) in [7, 11) is 0. The van der Waals surface area contributed by atoms with Crippen molar-refractivity contribution in [1.82, 2.24) is 5.32 Å². The molecule has 1 amide bonds. The summed E-state index contributed by atoms with van der Waals surface area (Å²) in [4.78, 5) is 33.6. The number of benzene rings is 3. The monoisotopic (exact) mass is 456 g/mol. The standard InChI is InChI=1S/C26H20N2O6/c29-25(30)15-18-12-11-17(14-24(18)28(32)33)6-5-13-27-26(31)34-16-23-21-9-3-1-7-19(21)20-8-2-4-10-22(20)23/h1-4,7-12,14,23H,13,15-16H2,(H,27,31)(H,29,30). The summed E-state index contributed by atoms with van der Waals surface area (Å²) in [6.45, 7) is 0.172. The molecule has 0 heterocycles. The van der Waals surface area contributed by atoms with E-state index in [4.69, 9.17) is 9.84 Å². The van der Waals surface area contributed by atoms with Gasteiger partial charge in [0.15, 0.2) is 0 Å². The fourth-order valence-corrected chi connectivity index (χ4v) is 4.04. The lowest BCUT2D eigenvalue weighted by Gasteiger charge is -2.14. The second-order valence-corrected chi connectivity index (χ2v) is 7.65. The van der Waals surface area contributed by atoms with Crippen molar-refractivity contribution in [1.29, 1.82) is 0 Å². The van der Waals surface area contributed by atoms with E-state index in [1.807, 2.05) is 36.4 Å². The van der Waals surface area contributed by atoms with Crippen molar-refractivity contribution in [3.8, 4) is 23.0 Å². The molecule has 0 radical (unpaired) electrons. The third-order valence-corrected chi connectivity index (χ3v) is 5.52. The average molecular weight is 456 g/mol. The first-order chi connectivity index (χ1) is 16.4. The Morgan fingerprint density at radius 3 is 2.29 bits per heavy atom. The van der Waals surface area contributed by atoms with Crippen LogP contribution in [0.4, 0.5) is 10.5 Å². The normalized spacial score (nSPS) is 11.5. The topological polar surface area (TPSA) is 119 Å². The molecular formula is C26H20N2O6. The van der Waals surface area contributed by atoms with E-state index >= 15 is 0 Å². The van der Waals surface area contributed by atoms with E-state index < -0.39 is 23.4 Å². The highest BCUT2D eigenvalue weighted by molar-refractivity contribution is 5.79. The number of rotatable bonds is 6. The van der Waals surface area contributed by atoms with E-state index in [0.29, 0.717) is 5.56 Å². The average Bonchev–Trinajstić information content (AvgIpc) is 3.14. The van der Waals surface area contributed by atoms with Gasteiger partial charge in [0.1, 0.15) is 6.61 Å². The molecule has 0 bridgehead atoms. The highest BCUT2D eigenvalue weighted by atomic mass is 16.6. The third-order valence-electron chi connectivity index (χ3n) is 5.52. The number of hydrogen-bond donors (Lipinski definition) is 2. The second-order valence-electron chi connectivity index (χ2n) is 7.65. The van der Waals surface area contributed by atoms with Crippen LogP contribution in [0.2, 0.25) is 0 Å². The number of hydrogen-bond acceptors (Lipinski definition) is 5. The summed E-state index contributed by atoms with van der Waals surface area (Å²) < 4.78 is 5.43. The molecular weight excluding hydrogens is 436 g/mol. The Morgan fingerprint density at radius 1 is 1.03 bits per heavy atom. The van der Waals surface area contributed by atoms with Crippen molar-refractivity contribution in [3.63, 3.8) is 0 Å².